The van der Waals surface area contributed by atoms with E-state index in [2.05, 4.69) is 11.8 Å². The molecule has 0 amide bonds. The van der Waals surface area contributed by atoms with Crippen LogP contribution in [0.2, 0.25) is 6.04 Å². The summed E-state index contributed by atoms with van der Waals surface area (Å²) in [6.07, 6.45) is 6.14. The van der Waals surface area contributed by atoms with Gasteiger partial charge in [0, 0.05) is 51.7 Å². The highest BCUT2D eigenvalue weighted by Gasteiger charge is 2.39. The number of hydrogen-bond donors (Lipinski definition) is 0. The number of likely N-dealkylation sites (tertiary alicyclic amines) is 1. The molecule has 0 aromatic rings. The molecule has 1 rings (SSSR count). The van der Waals surface area contributed by atoms with Gasteiger partial charge < -0.3 is 22.9 Å². The van der Waals surface area contributed by atoms with Gasteiger partial charge in [0.1, 0.15) is 0 Å². The lowest BCUT2D eigenvalue weighted by Gasteiger charge is -2.33. The maximum Gasteiger partial charge on any atom is 0.501 e. The minimum atomic E-state index is -2.49. The summed E-state index contributed by atoms with van der Waals surface area (Å²) in [4.78, 5) is 2.60. The molecule has 1 unspecified atom stereocenters. The standard InChI is InChI=1S/C18H39NO4Si/c1-5-21-24(22-6-2,23-7-3)17-11-16-20-15-10-14-19-13-9-8-12-18(19)4/h18H,5-17H2,1-4H3. The quantitative estimate of drug-likeness (QED) is 0.348. The molecule has 1 aliphatic heterocycles. The first-order valence-electron chi connectivity index (χ1n) is 9.91. The van der Waals surface area contributed by atoms with Gasteiger partial charge in [-0.25, -0.2) is 0 Å². The van der Waals surface area contributed by atoms with E-state index in [1.807, 2.05) is 20.8 Å². The smallest absolute Gasteiger partial charge is 0.381 e. The zero-order valence-electron chi connectivity index (χ0n) is 16.3. The second-order valence-electron chi connectivity index (χ2n) is 6.43. The predicted octanol–water partition coefficient (Wildman–Crippen LogP) is 3.71. The van der Waals surface area contributed by atoms with E-state index >= 15 is 0 Å². The fourth-order valence-corrected chi connectivity index (χ4v) is 5.93. The molecule has 0 saturated carbocycles. The average Bonchev–Trinajstić information content (AvgIpc) is 2.56. The van der Waals surface area contributed by atoms with Crippen LogP contribution in [0.4, 0.5) is 0 Å². The van der Waals surface area contributed by atoms with Crippen molar-refractivity contribution in [3.63, 3.8) is 0 Å². The van der Waals surface area contributed by atoms with E-state index in [4.69, 9.17) is 18.0 Å². The highest BCUT2D eigenvalue weighted by Crippen LogP contribution is 2.18. The molecular weight excluding hydrogens is 322 g/mol. The van der Waals surface area contributed by atoms with Gasteiger partial charge in [-0.15, -0.1) is 0 Å². The maximum atomic E-state index is 5.86. The summed E-state index contributed by atoms with van der Waals surface area (Å²) in [7, 11) is -2.49. The molecule has 1 aliphatic rings. The normalized spacial score (nSPS) is 19.8. The Balaban J connectivity index is 2.14. The topological polar surface area (TPSA) is 40.2 Å². The van der Waals surface area contributed by atoms with Crippen molar-refractivity contribution in [2.45, 2.75) is 71.9 Å². The number of ether oxygens (including phenoxy) is 1. The van der Waals surface area contributed by atoms with E-state index in [0.29, 0.717) is 19.8 Å². The van der Waals surface area contributed by atoms with E-state index in [-0.39, 0.29) is 0 Å². The van der Waals surface area contributed by atoms with Crippen molar-refractivity contribution in [1.29, 1.82) is 0 Å². The van der Waals surface area contributed by atoms with E-state index in [9.17, 15) is 0 Å². The molecule has 5 nitrogen and oxygen atoms in total. The molecule has 0 bridgehead atoms. The number of nitrogens with zero attached hydrogens (tertiary/aromatic N) is 1. The lowest BCUT2D eigenvalue weighted by atomic mass is 10.0. The van der Waals surface area contributed by atoms with E-state index in [0.717, 1.165) is 44.7 Å². The van der Waals surface area contributed by atoms with Crippen LogP contribution in [0, 0.1) is 0 Å². The minimum Gasteiger partial charge on any atom is -0.381 e. The molecule has 24 heavy (non-hydrogen) atoms. The Morgan fingerprint density at radius 2 is 1.54 bits per heavy atom. The zero-order valence-corrected chi connectivity index (χ0v) is 17.3. The fraction of sp³-hybridized carbons (Fsp3) is 1.00. The molecule has 1 heterocycles. The first kappa shape index (κ1) is 22.1. The number of piperidine rings is 1. The summed E-state index contributed by atoms with van der Waals surface area (Å²) in [5.74, 6) is 0. The molecule has 0 spiro atoms. The van der Waals surface area contributed by atoms with Crippen molar-refractivity contribution < 1.29 is 18.0 Å². The van der Waals surface area contributed by atoms with Gasteiger partial charge >= 0.3 is 8.80 Å². The van der Waals surface area contributed by atoms with Crippen molar-refractivity contribution in [1.82, 2.24) is 4.90 Å². The van der Waals surface area contributed by atoms with Gasteiger partial charge in [-0.3, -0.25) is 0 Å². The van der Waals surface area contributed by atoms with Crippen molar-refractivity contribution in [3.05, 3.63) is 0 Å². The third kappa shape index (κ3) is 8.40. The van der Waals surface area contributed by atoms with Gasteiger partial charge in [0.05, 0.1) is 0 Å². The Labute approximate surface area is 150 Å². The minimum absolute atomic E-state index is 0.640. The van der Waals surface area contributed by atoms with E-state index in [1.165, 1.54) is 25.8 Å². The Bertz CT molecular complexity index is 290. The van der Waals surface area contributed by atoms with Gasteiger partial charge in [-0.05, 0) is 59.9 Å². The van der Waals surface area contributed by atoms with Crippen molar-refractivity contribution in [3.8, 4) is 0 Å². The molecule has 0 radical (unpaired) electrons. The fourth-order valence-electron chi connectivity index (χ4n) is 3.35. The van der Waals surface area contributed by atoms with Crippen molar-refractivity contribution in [2.24, 2.45) is 0 Å². The monoisotopic (exact) mass is 361 g/mol. The van der Waals surface area contributed by atoms with Crippen LogP contribution in [0.15, 0.2) is 0 Å². The summed E-state index contributed by atoms with van der Waals surface area (Å²) < 4.78 is 23.4. The predicted molar refractivity (Wildman–Crippen MR) is 100 cm³/mol. The second-order valence-corrected chi connectivity index (χ2v) is 9.16. The Kier molecular flexibility index (Phi) is 12.2. The molecule has 0 aromatic heterocycles. The molecule has 1 saturated heterocycles. The molecule has 1 atom stereocenters. The van der Waals surface area contributed by atoms with Crippen LogP contribution >= 0.6 is 0 Å². The first-order valence-corrected chi connectivity index (χ1v) is 11.8. The third-order valence-electron chi connectivity index (χ3n) is 4.54. The molecule has 6 heteroatoms. The van der Waals surface area contributed by atoms with Crippen LogP contribution in [-0.4, -0.2) is 65.9 Å². The SMILES string of the molecule is CCO[Si](CCCOCCCN1CCCCC1C)(OCC)OCC. The lowest BCUT2D eigenvalue weighted by molar-refractivity contribution is 0.0644. The molecule has 0 N–H and O–H groups in total. The Morgan fingerprint density at radius 3 is 2.12 bits per heavy atom. The van der Waals surface area contributed by atoms with Gasteiger partial charge in [-0.1, -0.05) is 6.42 Å². The second kappa shape index (κ2) is 13.3. The van der Waals surface area contributed by atoms with Crippen LogP contribution in [0.1, 0.15) is 59.8 Å². The molecule has 0 aliphatic carbocycles. The molecule has 0 aromatic carbocycles. The number of rotatable bonds is 14. The summed E-state index contributed by atoms with van der Waals surface area (Å²) >= 11 is 0. The van der Waals surface area contributed by atoms with Crippen molar-refractivity contribution >= 4 is 8.80 Å². The van der Waals surface area contributed by atoms with Gasteiger partial charge in [0.15, 0.2) is 0 Å². The first-order chi connectivity index (χ1) is 11.7. The van der Waals surface area contributed by atoms with Crippen LogP contribution < -0.4 is 0 Å². The third-order valence-corrected chi connectivity index (χ3v) is 7.69. The lowest BCUT2D eigenvalue weighted by Crippen LogP contribution is -2.46. The van der Waals surface area contributed by atoms with Crippen LogP contribution in [0.25, 0.3) is 0 Å². The summed E-state index contributed by atoms with van der Waals surface area (Å²) in [6, 6.07) is 1.58. The van der Waals surface area contributed by atoms with Crippen LogP contribution in [-0.2, 0) is 18.0 Å². The highest BCUT2D eigenvalue weighted by molar-refractivity contribution is 6.60. The van der Waals surface area contributed by atoms with E-state index in [1.54, 1.807) is 0 Å². The van der Waals surface area contributed by atoms with E-state index < -0.39 is 8.80 Å². The molecule has 1 fully saturated rings. The summed E-state index contributed by atoms with van der Waals surface area (Å²) in [5.41, 5.74) is 0. The van der Waals surface area contributed by atoms with Crippen LogP contribution in [0.3, 0.4) is 0 Å². The van der Waals surface area contributed by atoms with Gasteiger partial charge in [0.25, 0.3) is 0 Å². The Morgan fingerprint density at radius 1 is 0.917 bits per heavy atom. The van der Waals surface area contributed by atoms with Gasteiger partial charge in [-0.2, -0.15) is 0 Å². The number of hydrogen-bond acceptors (Lipinski definition) is 5. The largest absolute Gasteiger partial charge is 0.501 e. The average molecular weight is 362 g/mol. The summed E-state index contributed by atoms with van der Waals surface area (Å²) in [5, 5.41) is 0. The molecule has 144 valence electrons. The zero-order chi connectivity index (χ0) is 17.7. The Hall–Kier alpha value is 0.0169. The highest BCUT2D eigenvalue weighted by atomic mass is 28.4. The van der Waals surface area contributed by atoms with Crippen molar-refractivity contribution in [2.75, 3.05) is 46.1 Å². The molecular formula is C18H39NO4Si. The van der Waals surface area contributed by atoms with Gasteiger partial charge in [0.2, 0.25) is 0 Å². The summed E-state index contributed by atoms with van der Waals surface area (Å²) in [6.45, 7) is 14.3. The maximum absolute atomic E-state index is 5.86. The van der Waals surface area contributed by atoms with Crippen LogP contribution in [0.5, 0.6) is 0 Å².